The first kappa shape index (κ1) is 14.6. The van der Waals surface area contributed by atoms with Gasteiger partial charge in [0.15, 0.2) is 17.5 Å². The number of halogens is 2. The lowest BCUT2D eigenvalue weighted by Crippen LogP contribution is -2.19. The third-order valence-corrected chi connectivity index (χ3v) is 4.32. The number of aromatic nitrogens is 2. The van der Waals surface area contributed by atoms with Gasteiger partial charge in [-0.2, -0.15) is 0 Å². The van der Waals surface area contributed by atoms with Gasteiger partial charge in [-0.15, -0.1) is 11.3 Å². The van der Waals surface area contributed by atoms with Crippen LogP contribution in [0.5, 0.6) is 0 Å². The molecule has 0 saturated heterocycles. The lowest BCUT2D eigenvalue weighted by Gasteiger charge is -2.15. The highest BCUT2D eigenvalue weighted by Crippen LogP contribution is 2.33. The molecule has 1 atom stereocenters. The molecular weight excluding hydrogens is 310 g/mol. The van der Waals surface area contributed by atoms with E-state index in [0.717, 1.165) is 17.0 Å². The first-order valence-electron chi connectivity index (χ1n) is 6.66. The van der Waals surface area contributed by atoms with Crippen LogP contribution in [0.2, 0.25) is 0 Å². The summed E-state index contributed by atoms with van der Waals surface area (Å²) in [7, 11) is 0. The predicted molar refractivity (Wildman–Crippen MR) is 79.9 cm³/mol. The lowest BCUT2D eigenvalue weighted by atomic mass is 10.2. The van der Waals surface area contributed by atoms with E-state index in [2.05, 4.69) is 4.98 Å². The highest BCUT2D eigenvalue weighted by atomic mass is 32.1. The molecule has 1 unspecified atom stereocenters. The minimum absolute atomic E-state index is 0.238. The molecule has 0 bridgehead atoms. The van der Waals surface area contributed by atoms with Gasteiger partial charge in [-0.1, -0.05) is 13.0 Å². The molecule has 114 valence electrons. The maximum atomic E-state index is 13.6. The van der Waals surface area contributed by atoms with Crippen molar-refractivity contribution in [3.8, 4) is 10.7 Å². The Hall–Kier alpha value is -2.28. The fourth-order valence-electron chi connectivity index (χ4n) is 2.45. The number of hydrogen-bond acceptors (Lipinski definition) is 3. The zero-order chi connectivity index (χ0) is 15.9. The number of imidazole rings is 1. The van der Waals surface area contributed by atoms with E-state index in [9.17, 15) is 18.7 Å². The lowest BCUT2D eigenvalue weighted by molar-refractivity contribution is -0.140. The zero-order valence-electron chi connectivity index (χ0n) is 11.6. The van der Waals surface area contributed by atoms with Crippen molar-refractivity contribution < 1.29 is 18.7 Å². The fraction of sp³-hybridized carbons (Fsp3) is 0.200. The summed E-state index contributed by atoms with van der Waals surface area (Å²) in [6.45, 7) is 1.72. The van der Waals surface area contributed by atoms with Gasteiger partial charge in [-0.25, -0.2) is 18.6 Å². The second-order valence-electron chi connectivity index (χ2n) is 4.80. The SMILES string of the molecule is CCC(C(=O)O)n1c(-c2cccs2)nc2cc(F)c(F)cc21. The Balaban J connectivity index is 2.36. The molecule has 3 aromatic rings. The molecule has 0 aliphatic heterocycles. The number of rotatable bonds is 4. The van der Waals surface area contributed by atoms with Gasteiger partial charge in [0, 0.05) is 12.1 Å². The van der Waals surface area contributed by atoms with Crippen molar-refractivity contribution in [1.82, 2.24) is 9.55 Å². The van der Waals surface area contributed by atoms with Crippen LogP contribution in [0, 0.1) is 11.6 Å². The number of aliphatic carboxylic acids is 1. The van der Waals surface area contributed by atoms with Gasteiger partial charge in [-0.3, -0.25) is 0 Å². The zero-order valence-corrected chi connectivity index (χ0v) is 12.4. The normalized spacial score (nSPS) is 12.7. The summed E-state index contributed by atoms with van der Waals surface area (Å²) in [5.41, 5.74) is 0.513. The van der Waals surface area contributed by atoms with Gasteiger partial charge in [0.25, 0.3) is 0 Å². The molecule has 4 nitrogen and oxygen atoms in total. The average molecular weight is 322 g/mol. The van der Waals surface area contributed by atoms with Gasteiger partial charge < -0.3 is 9.67 Å². The van der Waals surface area contributed by atoms with Crippen molar-refractivity contribution >= 4 is 28.3 Å². The molecule has 2 heterocycles. The van der Waals surface area contributed by atoms with Crippen molar-refractivity contribution in [1.29, 1.82) is 0 Å². The largest absolute Gasteiger partial charge is 0.480 e. The Bertz CT molecular complexity index is 843. The van der Waals surface area contributed by atoms with Crippen molar-refractivity contribution in [3.05, 3.63) is 41.3 Å². The third-order valence-electron chi connectivity index (χ3n) is 3.46. The van der Waals surface area contributed by atoms with Crippen molar-refractivity contribution in [2.24, 2.45) is 0 Å². The van der Waals surface area contributed by atoms with Crippen LogP contribution >= 0.6 is 11.3 Å². The highest BCUT2D eigenvalue weighted by Gasteiger charge is 2.25. The van der Waals surface area contributed by atoms with E-state index in [4.69, 9.17) is 0 Å². The van der Waals surface area contributed by atoms with Crippen LogP contribution in [0.15, 0.2) is 29.6 Å². The van der Waals surface area contributed by atoms with Gasteiger partial charge in [0.1, 0.15) is 6.04 Å². The molecule has 0 amide bonds. The van der Waals surface area contributed by atoms with E-state index in [-0.39, 0.29) is 11.0 Å². The molecule has 7 heteroatoms. The Morgan fingerprint density at radius 3 is 2.73 bits per heavy atom. The Morgan fingerprint density at radius 2 is 2.14 bits per heavy atom. The fourth-order valence-corrected chi connectivity index (χ4v) is 3.16. The summed E-state index contributed by atoms with van der Waals surface area (Å²) >= 11 is 1.39. The van der Waals surface area contributed by atoms with Crippen LogP contribution in [0.4, 0.5) is 8.78 Å². The molecule has 0 aliphatic carbocycles. The Morgan fingerprint density at radius 1 is 1.41 bits per heavy atom. The van der Waals surface area contributed by atoms with Crippen LogP contribution < -0.4 is 0 Å². The van der Waals surface area contributed by atoms with Gasteiger partial charge in [0.2, 0.25) is 0 Å². The first-order chi connectivity index (χ1) is 10.5. The molecular formula is C15H12F2N2O2S. The molecule has 0 radical (unpaired) electrons. The molecule has 0 aliphatic rings. The summed E-state index contributed by atoms with van der Waals surface area (Å²) in [6.07, 6.45) is 0.304. The summed E-state index contributed by atoms with van der Waals surface area (Å²) in [5.74, 6) is -2.65. The van der Waals surface area contributed by atoms with Crippen LogP contribution in [-0.2, 0) is 4.79 Å². The number of nitrogens with zero attached hydrogens (tertiary/aromatic N) is 2. The second-order valence-corrected chi connectivity index (χ2v) is 5.75. The molecule has 0 fully saturated rings. The minimum Gasteiger partial charge on any atom is -0.480 e. The number of benzene rings is 1. The molecule has 0 spiro atoms. The summed E-state index contributed by atoms with van der Waals surface area (Å²) < 4.78 is 28.5. The topological polar surface area (TPSA) is 55.1 Å². The third kappa shape index (κ3) is 2.27. The number of carbonyl (C=O) groups is 1. The monoisotopic (exact) mass is 322 g/mol. The highest BCUT2D eigenvalue weighted by molar-refractivity contribution is 7.13. The maximum absolute atomic E-state index is 13.6. The van der Waals surface area contributed by atoms with E-state index in [0.29, 0.717) is 12.2 Å². The molecule has 2 aromatic heterocycles. The van der Waals surface area contributed by atoms with Gasteiger partial charge >= 0.3 is 5.97 Å². The van der Waals surface area contributed by atoms with Crippen LogP contribution in [0.25, 0.3) is 21.7 Å². The molecule has 1 aromatic carbocycles. The van der Waals surface area contributed by atoms with Crippen LogP contribution in [-0.4, -0.2) is 20.6 Å². The van der Waals surface area contributed by atoms with Gasteiger partial charge in [0.05, 0.1) is 15.9 Å². The molecule has 22 heavy (non-hydrogen) atoms. The standard InChI is InChI=1S/C15H12F2N2O2S/c1-2-11(15(20)21)19-12-7-9(17)8(16)6-10(12)18-14(19)13-4-3-5-22-13/h3-7,11H,2H2,1H3,(H,20,21). The van der Waals surface area contributed by atoms with Crippen molar-refractivity contribution in [3.63, 3.8) is 0 Å². The number of carboxylic acid groups (broad SMARTS) is 1. The maximum Gasteiger partial charge on any atom is 0.326 e. The molecule has 3 rings (SSSR count). The number of fused-ring (bicyclic) bond motifs is 1. The van der Waals surface area contributed by atoms with Gasteiger partial charge in [-0.05, 0) is 17.9 Å². The van der Waals surface area contributed by atoms with Crippen LogP contribution in [0.3, 0.4) is 0 Å². The van der Waals surface area contributed by atoms with Crippen molar-refractivity contribution in [2.75, 3.05) is 0 Å². The van der Waals surface area contributed by atoms with E-state index in [1.807, 2.05) is 11.4 Å². The number of thiophene rings is 1. The number of carboxylic acids is 1. The minimum atomic E-state index is -1.04. The first-order valence-corrected chi connectivity index (χ1v) is 7.54. The Labute approximate surface area is 128 Å². The molecule has 0 saturated carbocycles. The van der Waals surface area contributed by atoms with E-state index >= 15 is 0 Å². The van der Waals surface area contributed by atoms with Crippen LogP contribution in [0.1, 0.15) is 19.4 Å². The predicted octanol–water partition coefficient (Wildman–Crippen LogP) is 4.08. The Kier molecular flexibility index (Phi) is 3.66. The van der Waals surface area contributed by atoms with Crippen molar-refractivity contribution in [2.45, 2.75) is 19.4 Å². The average Bonchev–Trinajstić information content (AvgIpc) is 3.09. The number of hydrogen-bond donors (Lipinski definition) is 1. The molecule has 1 N–H and O–H groups in total. The smallest absolute Gasteiger partial charge is 0.326 e. The van der Waals surface area contributed by atoms with E-state index in [1.165, 1.54) is 15.9 Å². The van der Waals surface area contributed by atoms with E-state index in [1.54, 1.807) is 13.0 Å². The quantitative estimate of drug-likeness (QED) is 0.787. The summed E-state index contributed by atoms with van der Waals surface area (Å²) in [4.78, 5) is 16.6. The second kappa shape index (κ2) is 5.49. The summed E-state index contributed by atoms with van der Waals surface area (Å²) in [5, 5.41) is 11.3. The summed E-state index contributed by atoms with van der Waals surface area (Å²) in [6, 6.07) is 4.70. The van der Waals surface area contributed by atoms with E-state index < -0.39 is 23.6 Å².